The Hall–Kier alpha value is -2.68. The van der Waals surface area contributed by atoms with E-state index in [0.717, 1.165) is 12.1 Å². The number of methoxy groups -OCH3 is 1. The molecule has 9 heteroatoms. The molecule has 0 saturated heterocycles. The molecule has 2 rings (SSSR count). The van der Waals surface area contributed by atoms with E-state index in [1.807, 2.05) is 0 Å². The number of hydrogen-bond donors (Lipinski definition) is 1. The summed E-state index contributed by atoms with van der Waals surface area (Å²) in [4.78, 5) is 11.4. The van der Waals surface area contributed by atoms with Crippen LogP contribution in [0.15, 0.2) is 41.3 Å². The number of benzene rings is 2. The van der Waals surface area contributed by atoms with Gasteiger partial charge in [0.05, 0.1) is 13.7 Å². The van der Waals surface area contributed by atoms with Crippen LogP contribution in [-0.2, 0) is 10.0 Å². The predicted octanol–water partition coefficient (Wildman–Crippen LogP) is 2.49. The summed E-state index contributed by atoms with van der Waals surface area (Å²) in [5.74, 6) is -2.61. The molecule has 134 valence electrons. The summed E-state index contributed by atoms with van der Waals surface area (Å²) < 4.78 is 62.9. The average molecular weight is 371 g/mol. The highest BCUT2D eigenvalue weighted by atomic mass is 32.2. The van der Waals surface area contributed by atoms with Gasteiger partial charge >= 0.3 is 0 Å². The second-order valence-corrected chi connectivity index (χ2v) is 6.46. The topological polar surface area (TPSA) is 81.7 Å². The third-order valence-electron chi connectivity index (χ3n) is 3.14. The molecule has 0 fully saturated rings. The highest BCUT2D eigenvalue weighted by molar-refractivity contribution is 7.90. The summed E-state index contributed by atoms with van der Waals surface area (Å²) in [6.45, 7) is 2.04. The molecular weight excluding hydrogens is 356 g/mol. The van der Waals surface area contributed by atoms with Crippen molar-refractivity contribution >= 4 is 15.9 Å². The third kappa shape index (κ3) is 4.24. The summed E-state index contributed by atoms with van der Waals surface area (Å²) >= 11 is 0. The van der Waals surface area contributed by atoms with Crippen LogP contribution in [0.3, 0.4) is 0 Å². The number of rotatable bonds is 6. The van der Waals surface area contributed by atoms with Crippen LogP contribution >= 0.6 is 0 Å². The molecular formula is C16H15F2NO5S. The van der Waals surface area contributed by atoms with Gasteiger partial charge < -0.3 is 9.47 Å². The maximum absolute atomic E-state index is 13.7. The first-order valence-electron chi connectivity index (χ1n) is 7.11. The van der Waals surface area contributed by atoms with E-state index in [0.29, 0.717) is 18.4 Å². The summed E-state index contributed by atoms with van der Waals surface area (Å²) in [7, 11) is -3.09. The van der Waals surface area contributed by atoms with Crippen LogP contribution in [0.2, 0.25) is 0 Å². The van der Waals surface area contributed by atoms with E-state index in [4.69, 9.17) is 9.47 Å². The van der Waals surface area contributed by atoms with Gasteiger partial charge in [0.1, 0.15) is 16.5 Å². The standard InChI is InChI=1S/C16H15F2NO5S/c1-3-24-14-8-10(4-6-13(14)23-2)16(20)19-25(21,22)15-7-5-11(17)9-12(15)18/h4-9H,3H2,1-2H3,(H,19,20). The molecule has 25 heavy (non-hydrogen) atoms. The zero-order chi connectivity index (χ0) is 18.6. The largest absolute Gasteiger partial charge is 0.493 e. The predicted molar refractivity (Wildman–Crippen MR) is 85.2 cm³/mol. The Kier molecular flexibility index (Phi) is 5.58. The lowest BCUT2D eigenvalue weighted by Crippen LogP contribution is -2.31. The monoisotopic (exact) mass is 371 g/mol. The Morgan fingerprint density at radius 3 is 2.44 bits per heavy atom. The highest BCUT2D eigenvalue weighted by Gasteiger charge is 2.23. The molecule has 0 aliphatic heterocycles. The van der Waals surface area contributed by atoms with Crippen molar-refractivity contribution in [1.29, 1.82) is 0 Å². The van der Waals surface area contributed by atoms with Gasteiger partial charge in [-0.2, -0.15) is 0 Å². The molecule has 0 unspecified atom stereocenters. The van der Waals surface area contributed by atoms with E-state index in [9.17, 15) is 22.0 Å². The Morgan fingerprint density at radius 2 is 1.84 bits per heavy atom. The van der Waals surface area contributed by atoms with E-state index >= 15 is 0 Å². The van der Waals surface area contributed by atoms with Crippen LogP contribution in [0.25, 0.3) is 0 Å². The third-order valence-corrected chi connectivity index (χ3v) is 4.50. The van der Waals surface area contributed by atoms with Crippen molar-refractivity contribution in [1.82, 2.24) is 4.72 Å². The lowest BCUT2D eigenvalue weighted by molar-refractivity contribution is 0.0981. The maximum Gasteiger partial charge on any atom is 0.267 e. The van der Waals surface area contributed by atoms with Gasteiger partial charge in [-0.15, -0.1) is 0 Å². The first-order chi connectivity index (χ1) is 11.8. The lowest BCUT2D eigenvalue weighted by atomic mass is 10.2. The van der Waals surface area contributed by atoms with Crippen molar-refractivity contribution in [2.24, 2.45) is 0 Å². The SMILES string of the molecule is CCOc1cc(C(=O)NS(=O)(=O)c2ccc(F)cc2F)ccc1OC. The number of carbonyl (C=O) groups excluding carboxylic acids is 1. The molecule has 1 amide bonds. The van der Waals surface area contributed by atoms with Crippen molar-refractivity contribution in [3.8, 4) is 11.5 Å². The molecule has 0 aromatic heterocycles. The molecule has 2 aromatic rings. The number of nitrogens with one attached hydrogen (secondary N) is 1. The molecule has 0 aliphatic rings. The number of halogens is 2. The minimum Gasteiger partial charge on any atom is -0.493 e. The smallest absolute Gasteiger partial charge is 0.267 e. The van der Waals surface area contributed by atoms with Gasteiger partial charge in [0, 0.05) is 11.6 Å². The van der Waals surface area contributed by atoms with Crippen LogP contribution in [0.5, 0.6) is 11.5 Å². The molecule has 1 N–H and O–H groups in total. The molecule has 6 nitrogen and oxygen atoms in total. The number of amides is 1. The van der Waals surface area contributed by atoms with Crippen molar-refractivity contribution < 1.29 is 31.5 Å². The normalized spacial score (nSPS) is 11.0. The van der Waals surface area contributed by atoms with Gasteiger partial charge in [0.2, 0.25) is 0 Å². The van der Waals surface area contributed by atoms with Gasteiger partial charge in [0.15, 0.2) is 11.5 Å². The van der Waals surface area contributed by atoms with Gasteiger partial charge in [0.25, 0.3) is 15.9 Å². The molecule has 0 spiro atoms. The molecule has 0 bridgehead atoms. The number of carbonyl (C=O) groups is 1. The molecule has 0 heterocycles. The first kappa shape index (κ1) is 18.7. The van der Waals surface area contributed by atoms with E-state index in [2.05, 4.69) is 0 Å². The second-order valence-electron chi connectivity index (χ2n) is 4.81. The fourth-order valence-electron chi connectivity index (χ4n) is 2.02. The second kappa shape index (κ2) is 7.47. The Bertz CT molecular complexity index is 899. The minimum absolute atomic E-state index is 0.0321. The van der Waals surface area contributed by atoms with Crippen LogP contribution in [0, 0.1) is 11.6 Å². The molecule has 0 atom stereocenters. The van der Waals surface area contributed by atoms with Crippen LogP contribution in [0.1, 0.15) is 17.3 Å². The van der Waals surface area contributed by atoms with Gasteiger partial charge in [-0.25, -0.2) is 21.9 Å². The molecule has 2 aromatic carbocycles. The number of hydrogen-bond acceptors (Lipinski definition) is 5. The fourth-order valence-corrected chi connectivity index (χ4v) is 3.05. The summed E-state index contributed by atoms with van der Waals surface area (Å²) in [6.07, 6.45) is 0. The summed E-state index contributed by atoms with van der Waals surface area (Å²) in [5.41, 5.74) is -0.0321. The lowest BCUT2D eigenvalue weighted by Gasteiger charge is -2.12. The highest BCUT2D eigenvalue weighted by Crippen LogP contribution is 2.28. The van der Waals surface area contributed by atoms with Crippen LogP contribution in [0.4, 0.5) is 8.78 Å². The Balaban J connectivity index is 2.30. The Labute approximate surface area is 143 Å². The fraction of sp³-hybridized carbons (Fsp3) is 0.188. The average Bonchev–Trinajstić information content (AvgIpc) is 2.54. The molecule has 0 radical (unpaired) electrons. The Morgan fingerprint density at radius 1 is 1.12 bits per heavy atom. The van der Waals surface area contributed by atoms with Crippen molar-refractivity contribution in [2.75, 3.05) is 13.7 Å². The van der Waals surface area contributed by atoms with Gasteiger partial charge in [-0.05, 0) is 37.3 Å². The minimum atomic E-state index is -4.51. The van der Waals surface area contributed by atoms with Crippen molar-refractivity contribution in [3.05, 3.63) is 53.6 Å². The van der Waals surface area contributed by atoms with Crippen molar-refractivity contribution in [2.45, 2.75) is 11.8 Å². The van der Waals surface area contributed by atoms with E-state index in [-0.39, 0.29) is 11.3 Å². The van der Waals surface area contributed by atoms with E-state index in [1.54, 1.807) is 11.6 Å². The zero-order valence-corrected chi connectivity index (χ0v) is 14.2. The quantitative estimate of drug-likeness (QED) is 0.844. The number of ether oxygens (including phenoxy) is 2. The molecule has 0 saturated carbocycles. The summed E-state index contributed by atoms with van der Waals surface area (Å²) in [5, 5.41) is 0. The zero-order valence-electron chi connectivity index (χ0n) is 13.4. The van der Waals surface area contributed by atoms with E-state index < -0.39 is 32.5 Å². The van der Waals surface area contributed by atoms with E-state index in [1.165, 1.54) is 25.3 Å². The maximum atomic E-state index is 13.7. The van der Waals surface area contributed by atoms with Crippen LogP contribution < -0.4 is 14.2 Å². The van der Waals surface area contributed by atoms with Crippen molar-refractivity contribution in [3.63, 3.8) is 0 Å². The molecule has 0 aliphatic carbocycles. The van der Waals surface area contributed by atoms with Gasteiger partial charge in [-0.1, -0.05) is 0 Å². The summed E-state index contributed by atoms with van der Waals surface area (Å²) in [6, 6.07) is 5.99. The van der Waals surface area contributed by atoms with Gasteiger partial charge in [-0.3, -0.25) is 4.79 Å². The van der Waals surface area contributed by atoms with Crippen LogP contribution in [-0.4, -0.2) is 28.0 Å². The first-order valence-corrected chi connectivity index (χ1v) is 8.60. The number of sulfonamides is 1.